The highest BCUT2D eigenvalue weighted by molar-refractivity contribution is 8.76. The molecule has 6 heterocycles. The fourth-order valence-electron chi connectivity index (χ4n) is 13.3. The van der Waals surface area contributed by atoms with E-state index in [-0.39, 0.29) is 114 Å². The third-order valence-electron chi connectivity index (χ3n) is 19.6. The number of nitrogens with two attached hydrogens (primary N) is 2. The van der Waals surface area contributed by atoms with Gasteiger partial charge in [-0.15, -0.1) is 0 Å². The van der Waals surface area contributed by atoms with Crippen LogP contribution in [0.5, 0.6) is 0 Å². The number of benzene rings is 4. The molecule has 614 valence electrons. The molecule has 38 heteroatoms. The number of rotatable bonds is 20. The molecule has 0 spiro atoms. The Balaban J connectivity index is 1.07. The summed E-state index contributed by atoms with van der Waals surface area (Å²) < 4.78 is 0. The van der Waals surface area contributed by atoms with E-state index in [4.69, 9.17) is 22.3 Å². The van der Waals surface area contributed by atoms with Crippen molar-refractivity contribution in [3.05, 3.63) is 180 Å². The summed E-state index contributed by atoms with van der Waals surface area (Å²) in [5.41, 5.74) is 15.5. The number of aromatic amines is 4. The monoisotopic (exact) mass is 1630 g/mol. The van der Waals surface area contributed by atoms with Crippen molar-refractivity contribution in [2.45, 2.75) is 163 Å². The van der Waals surface area contributed by atoms with Crippen LogP contribution >= 0.6 is 21.6 Å². The number of para-hydroxylation sites is 2. The Bertz CT molecular complexity index is 4450. The molecule has 2 bridgehead atoms. The Morgan fingerprint density at radius 2 is 0.698 bits per heavy atom. The van der Waals surface area contributed by atoms with Gasteiger partial charge in [-0.05, 0) is 86.8 Å². The summed E-state index contributed by atoms with van der Waals surface area (Å²) >= 11 is 0. The zero-order valence-corrected chi connectivity index (χ0v) is 65.5. The van der Waals surface area contributed by atoms with Gasteiger partial charge in [-0.2, -0.15) is 0 Å². The Kier molecular flexibility index (Phi) is 31.3. The number of aromatic nitrogens is 6. The van der Waals surface area contributed by atoms with E-state index in [1.807, 2.05) is 12.1 Å². The van der Waals surface area contributed by atoms with Gasteiger partial charge in [0.05, 0.1) is 24.0 Å². The number of nitrogens with one attached hydrogen (secondary N) is 20. The van der Waals surface area contributed by atoms with Gasteiger partial charge in [-0.3, -0.25) is 68.4 Å². The normalized spacial score (nSPS) is 23.4. The van der Waals surface area contributed by atoms with Crippen LogP contribution in [0.15, 0.2) is 147 Å². The van der Waals surface area contributed by atoms with Crippen LogP contribution in [0.4, 0.5) is 0 Å². The molecule has 2 saturated heterocycles. The molecule has 36 nitrogen and oxygen atoms in total. The molecular formula is C78H98N24O12S2. The SMILES string of the molecule is C[C@@H]1NC(=O)[C@@H]2CCSSCC[C@@H](NC(=O)[C@H](Cc3c[nH]c4ccccc34)NC(=O)[C@H](CCCNC(=N)N)NC(=O)[C@@H](Cc3ccccc3)NC(=O)[C@H](Cc3c[nH]cn3)NC1=O)C(=O)N[C@@H](C)C(=O)N[C@@H](Cc1c[nH]cn1)C(=O)N[C@H](Cc1ccccc1)C(=O)N[C@@H](CCCNC(=N)N)C(=O)N[C@@H](Cc1c[nH]c3ccccc13)C(=O)N2. The highest BCUT2D eigenvalue weighted by atomic mass is 33.1. The van der Waals surface area contributed by atoms with E-state index in [0.717, 1.165) is 0 Å². The van der Waals surface area contributed by atoms with Gasteiger partial charge in [0.1, 0.15) is 72.5 Å². The molecule has 8 aromatic rings. The van der Waals surface area contributed by atoms with Crippen molar-refractivity contribution in [1.82, 2.24) is 104 Å². The first-order valence-electron chi connectivity index (χ1n) is 38.1. The minimum absolute atomic E-state index is 0.0497. The first-order valence-corrected chi connectivity index (χ1v) is 40.6. The Hall–Kier alpha value is -12.7. The molecule has 4 aromatic carbocycles. The van der Waals surface area contributed by atoms with Crippen molar-refractivity contribution in [3.63, 3.8) is 0 Å². The van der Waals surface area contributed by atoms with E-state index < -0.39 is 143 Å². The number of amides is 12. The summed E-state index contributed by atoms with van der Waals surface area (Å²) in [5.74, 6) is -11.3. The quantitative estimate of drug-likeness (QED) is 0.0196. The van der Waals surface area contributed by atoms with Crippen molar-refractivity contribution in [3.8, 4) is 0 Å². The average molecular weight is 1630 g/mol. The number of hydrogen-bond donors (Lipinski definition) is 22. The smallest absolute Gasteiger partial charge is 0.243 e. The standard InChI is InChI=1S/C78H98N24O12S2/c1-43-65(103)97-63(35-49-39-83-41-89-49)75(113)99-59(31-45-15-5-3-6-16-45)71(109)93-56(24-14-28-86-78(81)82)70(108)102-62(34-48-38-88-54-22-12-10-20-52(48)54)74(112)96-58-26-30-116-115-29-25-57(67(105)91-43)95-73(111)61(33-47-37-87-53-21-11-9-19-51(47)53)101-69(107)55(23-13-27-85-77(79)80)94-72(110)60(32-46-17-7-4-8-18-46)100-76(114)64(36-50-40-84-42-90-50)98-66(104)44(2)92-68(58)106/h3-12,15-22,37-44,55-64,87-88H,13-14,23-36H2,1-2H3,(H,83,89)(H,84,90)(H,91,105)(H,92,106)(H,93,109)(H,94,110)(H,95,111)(H,96,112)(H,97,103)(H,98,104)(H,99,113)(H,100,114)(H,101,107)(H,102,108)(H4,79,80,85)(H4,81,82,86)/t43-,44-,55-,56-,57-,58+,59+,60+,61-,62-,63-,64-/m0/s1. The van der Waals surface area contributed by atoms with Gasteiger partial charge in [-0.25, -0.2) is 9.97 Å². The number of guanidine groups is 2. The van der Waals surface area contributed by atoms with Gasteiger partial charge < -0.3 is 106 Å². The summed E-state index contributed by atoms with van der Waals surface area (Å²) in [7, 11) is 2.40. The Morgan fingerprint density at radius 3 is 1.06 bits per heavy atom. The zero-order chi connectivity index (χ0) is 82.6. The van der Waals surface area contributed by atoms with Crippen LogP contribution in [0.1, 0.15) is 86.0 Å². The molecule has 116 heavy (non-hydrogen) atoms. The lowest BCUT2D eigenvalue weighted by Crippen LogP contribution is -2.62. The number of nitrogens with zero attached hydrogens (tertiary/aromatic N) is 2. The van der Waals surface area contributed by atoms with Crippen molar-refractivity contribution >= 4 is 126 Å². The molecule has 12 atom stereocenters. The number of hydrogen-bond acceptors (Lipinski definition) is 18. The molecule has 12 amide bonds. The maximum atomic E-state index is 15.5. The van der Waals surface area contributed by atoms with E-state index in [9.17, 15) is 9.59 Å². The summed E-state index contributed by atoms with van der Waals surface area (Å²) in [4.78, 5) is 203. The van der Waals surface area contributed by atoms with E-state index in [1.54, 1.807) is 109 Å². The number of imidazole rings is 2. The number of fused-ring (bicyclic) bond motifs is 9. The average Bonchev–Trinajstić information content (AvgIpc) is 1.65. The fraction of sp³-hybridized carbons (Fsp3) is 0.385. The van der Waals surface area contributed by atoms with Crippen molar-refractivity contribution in [2.75, 3.05) is 24.6 Å². The van der Waals surface area contributed by atoms with Crippen molar-refractivity contribution in [2.24, 2.45) is 11.5 Å². The second-order valence-corrected chi connectivity index (χ2v) is 31.0. The topological polar surface area (TPSA) is 562 Å². The molecule has 0 saturated carbocycles. The molecule has 0 unspecified atom stereocenters. The molecule has 24 N–H and O–H groups in total. The molecular weight excluding hydrogens is 1530 g/mol. The molecule has 4 aromatic heterocycles. The van der Waals surface area contributed by atoms with E-state index >= 15 is 47.9 Å². The fourth-order valence-corrected chi connectivity index (χ4v) is 15.5. The highest BCUT2D eigenvalue weighted by Crippen LogP contribution is 2.26. The van der Waals surface area contributed by atoms with E-state index in [2.05, 4.69) is 104 Å². The Labute approximate surface area is 675 Å². The maximum Gasteiger partial charge on any atom is 0.243 e. The Morgan fingerprint density at radius 1 is 0.379 bits per heavy atom. The first-order chi connectivity index (χ1) is 55.9. The number of H-pyrrole nitrogens is 4. The van der Waals surface area contributed by atoms with Gasteiger partial charge in [-0.1, -0.05) is 119 Å². The summed E-state index contributed by atoms with van der Waals surface area (Å²) in [6.07, 6.45) is 7.31. The lowest BCUT2D eigenvalue weighted by molar-refractivity contribution is -0.136. The lowest BCUT2D eigenvalue weighted by Gasteiger charge is -2.28. The first kappa shape index (κ1) is 85.7. The van der Waals surface area contributed by atoms with Crippen molar-refractivity contribution in [1.29, 1.82) is 10.8 Å². The van der Waals surface area contributed by atoms with Crippen LogP contribution in [0.25, 0.3) is 21.8 Å². The van der Waals surface area contributed by atoms with Gasteiger partial charge in [0.25, 0.3) is 0 Å². The number of carbonyl (C=O) groups is 12. The van der Waals surface area contributed by atoms with Crippen LogP contribution in [0.2, 0.25) is 0 Å². The van der Waals surface area contributed by atoms with Crippen LogP contribution in [-0.2, 0) is 96.1 Å². The second-order valence-electron chi connectivity index (χ2n) is 28.3. The predicted molar refractivity (Wildman–Crippen MR) is 436 cm³/mol. The third kappa shape index (κ3) is 25.4. The molecule has 0 radical (unpaired) electrons. The molecule has 0 aliphatic carbocycles. The van der Waals surface area contributed by atoms with Crippen LogP contribution in [-0.4, -0.2) is 210 Å². The largest absolute Gasteiger partial charge is 0.370 e. The maximum absolute atomic E-state index is 15.5. The van der Waals surface area contributed by atoms with E-state index in [1.165, 1.54) is 60.5 Å². The predicted octanol–water partition coefficient (Wildman–Crippen LogP) is -0.576. The summed E-state index contributed by atoms with van der Waals surface area (Å²) in [6, 6.07) is 13.6. The van der Waals surface area contributed by atoms with Crippen LogP contribution in [0.3, 0.4) is 0 Å². The zero-order valence-electron chi connectivity index (χ0n) is 63.9. The van der Waals surface area contributed by atoms with Crippen LogP contribution < -0.4 is 85.9 Å². The van der Waals surface area contributed by atoms with Crippen LogP contribution in [0, 0.1) is 10.8 Å². The molecule has 2 fully saturated rings. The van der Waals surface area contributed by atoms with Gasteiger partial charge >= 0.3 is 0 Å². The lowest BCUT2D eigenvalue weighted by atomic mass is 10.0. The third-order valence-corrected chi connectivity index (χ3v) is 22.0. The molecule has 10 rings (SSSR count). The van der Waals surface area contributed by atoms with Gasteiger partial charge in [0.15, 0.2) is 11.9 Å². The van der Waals surface area contributed by atoms with Crippen molar-refractivity contribution < 1.29 is 57.5 Å². The minimum Gasteiger partial charge on any atom is -0.370 e. The van der Waals surface area contributed by atoms with Gasteiger partial charge in [0, 0.05) is 110 Å². The molecule has 2 aliphatic heterocycles. The number of carbonyl (C=O) groups excluding carboxylic acids is 12. The second kappa shape index (κ2) is 42.4. The van der Waals surface area contributed by atoms with Gasteiger partial charge in [0.2, 0.25) is 70.9 Å². The van der Waals surface area contributed by atoms with E-state index in [0.29, 0.717) is 55.4 Å². The minimum atomic E-state index is -1.54. The summed E-state index contributed by atoms with van der Waals surface area (Å²) in [5, 5.41) is 55.8. The summed E-state index contributed by atoms with van der Waals surface area (Å²) in [6.45, 7) is 2.79. The molecule has 2 aliphatic rings. The highest BCUT2D eigenvalue weighted by Gasteiger charge is 2.39.